The number of hydrogen-bond acceptors (Lipinski definition) is 3. The standard InChI is InChI=1S/C9H11ClO3/c10-7-6-3-1-2-4-9(6,8(7)12)13-5-11/h5-7H,1-4H2/t6-,7+,9+/m0/s1. The molecule has 4 heteroatoms. The van der Waals surface area contributed by atoms with Gasteiger partial charge in [0.25, 0.3) is 6.47 Å². The fourth-order valence-corrected chi connectivity index (χ4v) is 2.98. The van der Waals surface area contributed by atoms with Gasteiger partial charge in [-0.05, 0) is 19.3 Å². The molecule has 0 radical (unpaired) electrons. The van der Waals surface area contributed by atoms with Gasteiger partial charge >= 0.3 is 0 Å². The molecule has 3 nitrogen and oxygen atoms in total. The van der Waals surface area contributed by atoms with Gasteiger partial charge in [0, 0.05) is 5.92 Å². The van der Waals surface area contributed by atoms with E-state index in [9.17, 15) is 9.59 Å². The predicted molar refractivity (Wildman–Crippen MR) is 46.5 cm³/mol. The Labute approximate surface area is 81.4 Å². The third-order valence-electron chi connectivity index (χ3n) is 3.19. The van der Waals surface area contributed by atoms with Crippen molar-refractivity contribution >= 4 is 23.9 Å². The Morgan fingerprint density at radius 2 is 2.31 bits per heavy atom. The van der Waals surface area contributed by atoms with Gasteiger partial charge in [-0.3, -0.25) is 9.59 Å². The van der Waals surface area contributed by atoms with Gasteiger partial charge in [0.2, 0.25) is 0 Å². The highest BCUT2D eigenvalue weighted by Gasteiger charge is 2.64. The number of halogens is 1. The van der Waals surface area contributed by atoms with Crippen LogP contribution < -0.4 is 0 Å². The Hall–Kier alpha value is -0.570. The molecule has 2 saturated carbocycles. The topological polar surface area (TPSA) is 43.4 Å². The average Bonchev–Trinajstić information content (AvgIpc) is 2.17. The molecule has 0 amide bonds. The van der Waals surface area contributed by atoms with Crippen molar-refractivity contribution in [3.05, 3.63) is 0 Å². The summed E-state index contributed by atoms with van der Waals surface area (Å²) in [7, 11) is 0. The molecule has 2 fully saturated rings. The van der Waals surface area contributed by atoms with Gasteiger partial charge in [-0.25, -0.2) is 0 Å². The van der Waals surface area contributed by atoms with E-state index in [4.69, 9.17) is 16.3 Å². The van der Waals surface area contributed by atoms with Crippen LogP contribution in [0, 0.1) is 5.92 Å². The van der Waals surface area contributed by atoms with Crippen molar-refractivity contribution in [3.8, 4) is 0 Å². The van der Waals surface area contributed by atoms with Crippen LogP contribution >= 0.6 is 11.6 Å². The fourth-order valence-electron chi connectivity index (χ4n) is 2.47. The lowest BCUT2D eigenvalue weighted by molar-refractivity contribution is -0.183. The van der Waals surface area contributed by atoms with Gasteiger partial charge in [-0.15, -0.1) is 11.6 Å². The first kappa shape index (κ1) is 9.00. The van der Waals surface area contributed by atoms with Crippen molar-refractivity contribution in [3.63, 3.8) is 0 Å². The van der Waals surface area contributed by atoms with Crippen molar-refractivity contribution in [1.29, 1.82) is 0 Å². The molecule has 0 aromatic rings. The molecular formula is C9H11ClO3. The van der Waals surface area contributed by atoms with Crippen LogP contribution in [0.3, 0.4) is 0 Å². The van der Waals surface area contributed by atoms with Crippen LogP contribution in [0.5, 0.6) is 0 Å². The molecule has 13 heavy (non-hydrogen) atoms. The van der Waals surface area contributed by atoms with Crippen molar-refractivity contribution in [2.24, 2.45) is 5.92 Å². The van der Waals surface area contributed by atoms with Gasteiger partial charge in [0.1, 0.15) is 5.38 Å². The molecule has 3 atom stereocenters. The molecule has 0 bridgehead atoms. The Morgan fingerprint density at radius 3 is 3.00 bits per heavy atom. The van der Waals surface area contributed by atoms with Crippen LogP contribution in [0.4, 0.5) is 0 Å². The third kappa shape index (κ3) is 1.03. The molecular weight excluding hydrogens is 192 g/mol. The average molecular weight is 203 g/mol. The first-order valence-corrected chi connectivity index (χ1v) is 4.96. The van der Waals surface area contributed by atoms with Crippen molar-refractivity contribution in [2.75, 3.05) is 0 Å². The zero-order chi connectivity index (χ0) is 9.47. The number of carbonyl (C=O) groups is 2. The zero-order valence-corrected chi connectivity index (χ0v) is 7.92. The van der Waals surface area contributed by atoms with Gasteiger partial charge < -0.3 is 4.74 Å². The number of ether oxygens (including phenoxy) is 1. The highest BCUT2D eigenvalue weighted by atomic mass is 35.5. The molecule has 2 aliphatic rings. The summed E-state index contributed by atoms with van der Waals surface area (Å²) in [5, 5.41) is -0.430. The van der Waals surface area contributed by atoms with Gasteiger partial charge in [0.15, 0.2) is 11.4 Å². The Balaban J connectivity index is 2.21. The third-order valence-corrected chi connectivity index (χ3v) is 3.69. The highest BCUT2D eigenvalue weighted by molar-refractivity contribution is 6.35. The zero-order valence-electron chi connectivity index (χ0n) is 7.16. The van der Waals surface area contributed by atoms with Crippen molar-refractivity contribution < 1.29 is 14.3 Å². The van der Waals surface area contributed by atoms with Crippen molar-refractivity contribution in [2.45, 2.75) is 36.7 Å². The van der Waals surface area contributed by atoms with E-state index in [1.165, 1.54) is 0 Å². The van der Waals surface area contributed by atoms with E-state index in [1.807, 2.05) is 0 Å². The van der Waals surface area contributed by atoms with E-state index in [2.05, 4.69) is 0 Å². The van der Waals surface area contributed by atoms with Gasteiger partial charge in [-0.2, -0.15) is 0 Å². The first-order chi connectivity index (χ1) is 6.22. The van der Waals surface area contributed by atoms with E-state index in [0.29, 0.717) is 12.9 Å². The predicted octanol–water partition coefficient (Wildman–Crippen LogP) is 1.28. The number of fused-ring (bicyclic) bond motifs is 1. The SMILES string of the molecule is O=CO[C@]12CCCC[C@H]1[C@@H](Cl)C2=O. The second kappa shape index (κ2) is 2.98. The Morgan fingerprint density at radius 1 is 1.54 bits per heavy atom. The minimum atomic E-state index is -0.841. The van der Waals surface area contributed by atoms with E-state index in [-0.39, 0.29) is 11.7 Å². The summed E-state index contributed by atoms with van der Waals surface area (Å²) in [6.07, 6.45) is 3.57. The second-order valence-corrected chi connectivity index (χ2v) is 4.19. The quantitative estimate of drug-likeness (QED) is 0.501. The van der Waals surface area contributed by atoms with Crippen LogP contribution in [0.1, 0.15) is 25.7 Å². The maximum Gasteiger partial charge on any atom is 0.294 e. The second-order valence-electron chi connectivity index (χ2n) is 3.72. The largest absolute Gasteiger partial charge is 0.453 e. The molecule has 0 aliphatic heterocycles. The lowest BCUT2D eigenvalue weighted by Gasteiger charge is -2.51. The number of carbonyl (C=O) groups excluding carboxylic acids is 2. The smallest absolute Gasteiger partial charge is 0.294 e. The summed E-state index contributed by atoms with van der Waals surface area (Å²) in [4.78, 5) is 21.8. The molecule has 0 saturated heterocycles. The molecule has 0 N–H and O–H groups in total. The number of hydrogen-bond donors (Lipinski definition) is 0. The molecule has 0 aromatic heterocycles. The Kier molecular flexibility index (Phi) is 2.06. The minimum absolute atomic E-state index is 0.0561. The molecule has 72 valence electrons. The fraction of sp³-hybridized carbons (Fsp3) is 0.778. The Bertz CT molecular complexity index is 253. The van der Waals surface area contributed by atoms with Crippen LogP contribution in [0.25, 0.3) is 0 Å². The maximum absolute atomic E-state index is 11.5. The lowest BCUT2D eigenvalue weighted by atomic mass is 9.60. The number of Topliss-reactive ketones (excluding diaryl/α,β-unsaturated/α-hetero) is 1. The normalized spacial score (nSPS) is 43.3. The molecule has 0 unspecified atom stereocenters. The van der Waals surface area contributed by atoms with Crippen LogP contribution in [-0.4, -0.2) is 23.2 Å². The number of ketones is 1. The van der Waals surface area contributed by atoms with E-state index in [1.54, 1.807) is 0 Å². The maximum atomic E-state index is 11.5. The summed E-state index contributed by atoms with van der Waals surface area (Å²) in [5.74, 6) is -0.0495. The monoisotopic (exact) mass is 202 g/mol. The summed E-state index contributed by atoms with van der Waals surface area (Å²) in [6.45, 7) is 0.374. The summed E-state index contributed by atoms with van der Waals surface area (Å²) >= 11 is 5.85. The summed E-state index contributed by atoms with van der Waals surface area (Å²) < 4.78 is 4.94. The van der Waals surface area contributed by atoms with E-state index in [0.717, 1.165) is 19.3 Å². The molecule has 0 heterocycles. The molecule has 0 spiro atoms. The van der Waals surface area contributed by atoms with E-state index < -0.39 is 11.0 Å². The highest BCUT2D eigenvalue weighted by Crippen LogP contribution is 2.50. The van der Waals surface area contributed by atoms with Crippen molar-refractivity contribution in [1.82, 2.24) is 0 Å². The lowest BCUT2D eigenvalue weighted by Crippen LogP contribution is -2.67. The molecule has 2 aliphatic carbocycles. The summed E-state index contributed by atoms with van der Waals surface area (Å²) in [5.41, 5.74) is -0.841. The van der Waals surface area contributed by atoms with Crippen LogP contribution in [-0.2, 0) is 14.3 Å². The van der Waals surface area contributed by atoms with Crippen LogP contribution in [0.2, 0.25) is 0 Å². The molecule has 2 rings (SSSR count). The number of alkyl halides is 1. The minimum Gasteiger partial charge on any atom is -0.453 e. The first-order valence-electron chi connectivity index (χ1n) is 4.52. The van der Waals surface area contributed by atoms with Gasteiger partial charge in [0.05, 0.1) is 0 Å². The summed E-state index contributed by atoms with van der Waals surface area (Å²) in [6, 6.07) is 0. The van der Waals surface area contributed by atoms with E-state index >= 15 is 0 Å². The van der Waals surface area contributed by atoms with Crippen LogP contribution in [0.15, 0.2) is 0 Å². The van der Waals surface area contributed by atoms with Gasteiger partial charge in [-0.1, -0.05) is 6.42 Å². The number of rotatable bonds is 2. The molecule has 0 aromatic carbocycles.